The molecule has 1 aromatic carbocycles. The highest BCUT2D eigenvalue weighted by atomic mass is 127. The van der Waals surface area contributed by atoms with E-state index in [1.165, 1.54) is 17.8 Å². The number of aliphatic hydroxyl groups is 1. The monoisotopic (exact) mass is 483 g/mol. The lowest BCUT2D eigenvalue weighted by Gasteiger charge is -2.27. The van der Waals surface area contributed by atoms with Crippen LogP contribution in [0.3, 0.4) is 0 Å². The standard InChI is InChI=1S/C17H26FN3O2S.HI/c1-19-16(21-12-17(6-9-22)7-10-23-13-17)20-8-11-24-15-5-3-2-4-14(15)18;/h2-5,22H,6-13H2,1H3,(H2,19,20,21);1H. The number of nitrogens with one attached hydrogen (secondary N) is 2. The minimum atomic E-state index is -0.183. The predicted molar refractivity (Wildman–Crippen MR) is 111 cm³/mol. The van der Waals surface area contributed by atoms with Gasteiger partial charge < -0.3 is 20.5 Å². The molecule has 0 spiro atoms. The van der Waals surface area contributed by atoms with Gasteiger partial charge in [-0.2, -0.15) is 0 Å². The van der Waals surface area contributed by atoms with Crippen molar-refractivity contribution in [3.05, 3.63) is 30.1 Å². The molecule has 1 unspecified atom stereocenters. The molecule has 1 fully saturated rings. The van der Waals surface area contributed by atoms with Crippen LogP contribution in [0.1, 0.15) is 12.8 Å². The Kier molecular flexibility index (Phi) is 10.7. The van der Waals surface area contributed by atoms with Gasteiger partial charge in [0.05, 0.1) is 6.61 Å². The van der Waals surface area contributed by atoms with Crippen LogP contribution in [0, 0.1) is 11.2 Å². The molecule has 0 amide bonds. The minimum Gasteiger partial charge on any atom is -0.396 e. The Labute approximate surface area is 170 Å². The summed E-state index contributed by atoms with van der Waals surface area (Å²) in [6.45, 7) is 2.97. The van der Waals surface area contributed by atoms with Crippen molar-refractivity contribution < 1.29 is 14.2 Å². The molecule has 3 N–H and O–H groups in total. The van der Waals surface area contributed by atoms with E-state index in [-0.39, 0.29) is 41.8 Å². The zero-order chi connectivity index (χ0) is 17.3. The minimum absolute atomic E-state index is 0. The van der Waals surface area contributed by atoms with E-state index < -0.39 is 0 Å². The molecule has 5 nitrogen and oxygen atoms in total. The maximum atomic E-state index is 13.5. The molecule has 0 aromatic heterocycles. The second kappa shape index (κ2) is 11.9. The van der Waals surface area contributed by atoms with Gasteiger partial charge in [-0.15, -0.1) is 35.7 Å². The first-order chi connectivity index (χ1) is 11.7. The fourth-order valence-electron chi connectivity index (χ4n) is 2.70. The highest BCUT2D eigenvalue weighted by molar-refractivity contribution is 14.0. The number of rotatable bonds is 8. The van der Waals surface area contributed by atoms with Crippen molar-refractivity contribution in [3.8, 4) is 0 Å². The second-order valence-corrected chi connectivity index (χ2v) is 7.04. The third-order valence-corrected chi connectivity index (χ3v) is 5.22. The lowest BCUT2D eigenvalue weighted by atomic mass is 9.84. The molecular formula is C17H27FIN3O2S. The number of hydrogen-bond acceptors (Lipinski definition) is 4. The Morgan fingerprint density at radius 1 is 1.40 bits per heavy atom. The summed E-state index contributed by atoms with van der Waals surface area (Å²) in [5.74, 6) is 1.28. The molecule has 1 aliphatic heterocycles. The Morgan fingerprint density at radius 3 is 2.84 bits per heavy atom. The highest BCUT2D eigenvalue weighted by Gasteiger charge is 2.34. The molecule has 0 radical (unpaired) electrons. The number of nitrogens with zero attached hydrogens (tertiary/aromatic N) is 1. The molecule has 25 heavy (non-hydrogen) atoms. The van der Waals surface area contributed by atoms with Crippen LogP contribution in [-0.2, 0) is 4.74 Å². The Hall–Kier alpha value is -0.580. The number of guanidine groups is 1. The van der Waals surface area contributed by atoms with Crippen molar-refractivity contribution in [2.24, 2.45) is 10.4 Å². The number of ether oxygens (including phenoxy) is 1. The van der Waals surface area contributed by atoms with E-state index in [2.05, 4.69) is 15.6 Å². The van der Waals surface area contributed by atoms with E-state index >= 15 is 0 Å². The first-order valence-corrected chi connectivity index (χ1v) is 9.18. The number of aliphatic imine (C=N–C) groups is 1. The van der Waals surface area contributed by atoms with E-state index in [0.717, 1.165) is 25.2 Å². The van der Waals surface area contributed by atoms with Crippen LogP contribution in [-0.4, -0.2) is 56.8 Å². The van der Waals surface area contributed by atoms with Gasteiger partial charge in [-0.05, 0) is 25.0 Å². The maximum Gasteiger partial charge on any atom is 0.191 e. The molecule has 2 rings (SSSR count). The first-order valence-electron chi connectivity index (χ1n) is 8.19. The second-order valence-electron chi connectivity index (χ2n) is 5.91. The average Bonchev–Trinajstić information content (AvgIpc) is 3.05. The van der Waals surface area contributed by atoms with Crippen LogP contribution in [0.15, 0.2) is 34.2 Å². The molecule has 1 aromatic rings. The summed E-state index contributed by atoms with van der Waals surface area (Å²) < 4.78 is 19.0. The fourth-order valence-corrected chi connectivity index (χ4v) is 3.50. The molecule has 1 heterocycles. The summed E-state index contributed by atoms with van der Waals surface area (Å²) in [5, 5.41) is 15.8. The van der Waals surface area contributed by atoms with E-state index in [1.54, 1.807) is 19.2 Å². The van der Waals surface area contributed by atoms with Gasteiger partial charge in [0.2, 0.25) is 0 Å². The summed E-state index contributed by atoms with van der Waals surface area (Å²) >= 11 is 1.48. The Bertz CT molecular complexity index is 542. The van der Waals surface area contributed by atoms with Crippen LogP contribution < -0.4 is 10.6 Å². The Morgan fingerprint density at radius 2 is 2.20 bits per heavy atom. The molecule has 1 atom stereocenters. The van der Waals surface area contributed by atoms with Gasteiger partial charge in [0, 0.05) is 49.4 Å². The van der Waals surface area contributed by atoms with Crippen LogP contribution in [0.2, 0.25) is 0 Å². The molecule has 0 aliphatic carbocycles. The fraction of sp³-hybridized carbons (Fsp3) is 0.588. The van der Waals surface area contributed by atoms with Gasteiger partial charge in [-0.1, -0.05) is 12.1 Å². The normalized spacial score (nSPS) is 20.2. The molecule has 1 saturated heterocycles. The van der Waals surface area contributed by atoms with Crippen molar-refractivity contribution >= 4 is 41.7 Å². The van der Waals surface area contributed by atoms with Crippen molar-refractivity contribution in [1.29, 1.82) is 0 Å². The van der Waals surface area contributed by atoms with Gasteiger partial charge in [0.1, 0.15) is 5.82 Å². The number of hydrogen-bond donors (Lipinski definition) is 3. The van der Waals surface area contributed by atoms with Crippen LogP contribution in [0.4, 0.5) is 4.39 Å². The molecule has 8 heteroatoms. The molecule has 1 aliphatic rings. The van der Waals surface area contributed by atoms with Gasteiger partial charge in [0.15, 0.2) is 5.96 Å². The number of halogens is 2. The van der Waals surface area contributed by atoms with Crippen LogP contribution >= 0.6 is 35.7 Å². The molecule has 142 valence electrons. The number of thioether (sulfide) groups is 1. The predicted octanol–water partition coefficient (Wildman–Crippen LogP) is 2.49. The smallest absolute Gasteiger partial charge is 0.191 e. The lowest BCUT2D eigenvalue weighted by molar-refractivity contribution is 0.127. The van der Waals surface area contributed by atoms with Crippen LogP contribution in [0.5, 0.6) is 0 Å². The topological polar surface area (TPSA) is 65.9 Å². The lowest BCUT2D eigenvalue weighted by Crippen LogP contribution is -2.45. The third-order valence-electron chi connectivity index (χ3n) is 4.17. The van der Waals surface area contributed by atoms with E-state index in [4.69, 9.17) is 4.74 Å². The number of benzene rings is 1. The third kappa shape index (κ3) is 7.28. The Balaban J connectivity index is 0.00000312. The van der Waals surface area contributed by atoms with Crippen molar-refractivity contribution in [1.82, 2.24) is 10.6 Å². The van der Waals surface area contributed by atoms with E-state index in [1.807, 2.05) is 6.07 Å². The number of aliphatic hydroxyl groups excluding tert-OH is 1. The van der Waals surface area contributed by atoms with Gasteiger partial charge in [0.25, 0.3) is 0 Å². The van der Waals surface area contributed by atoms with Gasteiger partial charge in [-0.25, -0.2) is 4.39 Å². The first kappa shape index (κ1) is 22.5. The van der Waals surface area contributed by atoms with Crippen molar-refractivity contribution in [2.45, 2.75) is 17.7 Å². The average molecular weight is 483 g/mol. The van der Waals surface area contributed by atoms with Gasteiger partial charge >= 0.3 is 0 Å². The van der Waals surface area contributed by atoms with Crippen molar-refractivity contribution in [2.75, 3.05) is 45.7 Å². The quantitative estimate of drug-likeness (QED) is 0.174. The van der Waals surface area contributed by atoms with Crippen LogP contribution in [0.25, 0.3) is 0 Å². The summed E-state index contributed by atoms with van der Waals surface area (Å²) in [4.78, 5) is 4.87. The van der Waals surface area contributed by atoms with E-state index in [0.29, 0.717) is 30.6 Å². The highest BCUT2D eigenvalue weighted by Crippen LogP contribution is 2.31. The summed E-state index contributed by atoms with van der Waals surface area (Å²) in [6, 6.07) is 6.79. The zero-order valence-electron chi connectivity index (χ0n) is 14.5. The maximum absolute atomic E-state index is 13.5. The molecule has 0 bridgehead atoms. The van der Waals surface area contributed by atoms with Gasteiger partial charge in [-0.3, -0.25) is 4.99 Å². The summed E-state index contributed by atoms with van der Waals surface area (Å²) in [5.41, 5.74) is -0.0196. The zero-order valence-corrected chi connectivity index (χ0v) is 17.6. The van der Waals surface area contributed by atoms with Crippen molar-refractivity contribution in [3.63, 3.8) is 0 Å². The summed E-state index contributed by atoms with van der Waals surface area (Å²) in [6.07, 6.45) is 1.67. The molecular weight excluding hydrogens is 456 g/mol. The summed E-state index contributed by atoms with van der Waals surface area (Å²) in [7, 11) is 1.73. The van der Waals surface area contributed by atoms with E-state index in [9.17, 15) is 9.50 Å². The largest absolute Gasteiger partial charge is 0.396 e. The SMILES string of the molecule is CN=C(NCCSc1ccccc1F)NCC1(CCO)CCOC1.I. The molecule has 0 saturated carbocycles.